The monoisotopic (exact) mass is 297 g/mol. The highest BCUT2D eigenvalue weighted by atomic mass is 16.2. The van der Waals surface area contributed by atoms with Crippen molar-refractivity contribution in [2.75, 3.05) is 19.6 Å². The van der Waals surface area contributed by atoms with Crippen LogP contribution in [0.15, 0.2) is 0 Å². The second-order valence-electron chi connectivity index (χ2n) is 5.28. The maximum Gasteiger partial charge on any atom is 0.247 e. The Kier molecular flexibility index (Phi) is 6.81. The van der Waals surface area contributed by atoms with Crippen LogP contribution in [0.2, 0.25) is 0 Å². The Labute approximate surface area is 126 Å². The third-order valence-corrected chi connectivity index (χ3v) is 4.11. The first-order valence-corrected chi connectivity index (χ1v) is 7.87. The molecule has 1 unspecified atom stereocenters. The molecule has 1 saturated heterocycles. The van der Waals surface area contributed by atoms with Gasteiger partial charge in [-0.25, -0.2) is 0 Å². The standard InChI is InChI=1S/C15H27N3O3/c1-5-11(6-2)18-13(19)9-12(15(18)21)16-10-14(20)17(7-3)8-4/h11-12,16H,5-10H2,1-4H3. The highest BCUT2D eigenvalue weighted by Crippen LogP contribution is 2.20. The van der Waals surface area contributed by atoms with Gasteiger partial charge in [-0.2, -0.15) is 0 Å². The van der Waals surface area contributed by atoms with Gasteiger partial charge in [0, 0.05) is 19.1 Å². The topological polar surface area (TPSA) is 69.7 Å². The van der Waals surface area contributed by atoms with Gasteiger partial charge in [-0.1, -0.05) is 13.8 Å². The molecule has 1 fully saturated rings. The molecule has 0 aromatic rings. The molecule has 0 bridgehead atoms. The van der Waals surface area contributed by atoms with Gasteiger partial charge >= 0.3 is 0 Å². The smallest absolute Gasteiger partial charge is 0.247 e. The summed E-state index contributed by atoms with van der Waals surface area (Å²) in [5.41, 5.74) is 0. The predicted molar refractivity (Wildman–Crippen MR) is 80.6 cm³/mol. The average molecular weight is 297 g/mol. The SMILES string of the molecule is CCC(CC)N1C(=O)CC(NCC(=O)N(CC)CC)C1=O. The number of likely N-dealkylation sites (N-methyl/N-ethyl adjacent to an activating group) is 1. The van der Waals surface area contributed by atoms with Gasteiger partial charge in [0.1, 0.15) is 0 Å². The maximum absolute atomic E-state index is 12.3. The Bertz CT molecular complexity index is 390. The summed E-state index contributed by atoms with van der Waals surface area (Å²) in [6, 6.07) is -0.590. The highest BCUT2D eigenvalue weighted by Gasteiger charge is 2.41. The molecule has 0 aromatic carbocycles. The van der Waals surface area contributed by atoms with Gasteiger partial charge in [0.15, 0.2) is 0 Å². The van der Waals surface area contributed by atoms with Crippen LogP contribution in [0.4, 0.5) is 0 Å². The molecule has 1 atom stereocenters. The van der Waals surface area contributed by atoms with Gasteiger partial charge in [-0.3, -0.25) is 24.6 Å². The van der Waals surface area contributed by atoms with Crippen LogP contribution in [-0.4, -0.2) is 59.2 Å². The van der Waals surface area contributed by atoms with E-state index in [-0.39, 0.29) is 36.7 Å². The Balaban J connectivity index is 2.61. The third kappa shape index (κ3) is 4.03. The van der Waals surface area contributed by atoms with Crippen LogP contribution in [-0.2, 0) is 14.4 Å². The van der Waals surface area contributed by atoms with Crippen molar-refractivity contribution in [1.29, 1.82) is 0 Å². The predicted octanol–water partition coefficient (Wildman–Crippen LogP) is 0.761. The summed E-state index contributed by atoms with van der Waals surface area (Å²) in [6.07, 6.45) is 1.68. The number of hydrogen-bond acceptors (Lipinski definition) is 4. The summed E-state index contributed by atoms with van der Waals surface area (Å²) in [7, 11) is 0. The van der Waals surface area contributed by atoms with E-state index < -0.39 is 6.04 Å². The van der Waals surface area contributed by atoms with Gasteiger partial charge in [0.2, 0.25) is 17.7 Å². The van der Waals surface area contributed by atoms with Crippen LogP contribution in [0.1, 0.15) is 47.0 Å². The van der Waals surface area contributed by atoms with E-state index in [0.717, 1.165) is 12.8 Å². The van der Waals surface area contributed by atoms with Crippen molar-refractivity contribution in [2.24, 2.45) is 0 Å². The van der Waals surface area contributed by atoms with E-state index in [4.69, 9.17) is 0 Å². The number of nitrogens with one attached hydrogen (secondary N) is 1. The molecule has 6 heteroatoms. The lowest BCUT2D eigenvalue weighted by Gasteiger charge is -2.24. The van der Waals surface area contributed by atoms with Crippen molar-refractivity contribution >= 4 is 17.7 Å². The summed E-state index contributed by atoms with van der Waals surface area (Å²) in [4.78, 5) is 39.3. The van der Waals surface area contributed by atoms with Gasteiger partial charge in [0.05, 0.1) is 19.0 Å². The zero-order chi connectivity index (χ0) is 16.0. The Hall–Kier alpha value is -1.43. The molecule has 0 spiro atoms. The van der Waals surface area contributed by atoms with Crippen molar-refractivity contribution in [3.05, 3.63) is 0 Å². The number of nitrogens with zero attached hydrogens (tertiary/aromatic N) is 2. The van der Waals surface area contributed by atoms with Crippen molar-refractivity contribution < 1.29 is 14.4 Å². The van der Waals surface area contributed by atoms with E-state index >= 15 is 0 Å². The van der Waals surface area contributed by atoms with Gasteiger partial charge in [0.25, 0.3) is 0 Å². The highest BCUT2D eigenvalue weighted by molar-refractivity contribution is 6.06. The second kappa shape index (κ2) is 8.12. The fourth-order valence-corrected chi connectivity index (χ4v) is 2.75. The minimum Gasteiger partial charge on any atom is -0.342 e. The van der Waals surface area contributed by atoms with E-state index in [1.54, 1.807) is 4.90 Å². The Morgan fingerprint density at radius 3 is 2.29 bits per heavy atom. The molecule has 1 heterocycles. The largest absolute Gasteiger partial charge is 0.342 e. The van der Waals surface area contributed by atoms with E-state index in [9.17, 15) is 14.4 Å². The molecule has 1 aliphatic rings. The van der Waals surface area contributed by atoms with Crippen LogP contribution in [0.5, 0.6) is 0 Å². The molecular formula is C15H27N3O3. The van der Waals surface area contributed by atoms with Crippen molar-refractivity contribution in [1.82, 2.24) is 15.1 Å². The van der Waals surface area contributed by atoms with Crippen molar-refractivity contribution in [2.45, 2.75) is 59.0 Å². The lowest BCUT2D eigenvalue weighted by atomic mass is 10.1. The number of rotatable bonds is 8. The summed E-state index contributed by atoms with van der Waals surface area (Å²) in [5.74, 6) is -0.372. The third-order valence-electron chi connectivity index (χ3n) is 4.11. The van der Waals surface area contributed by atoms with Crippen LogP contribution < -0.4 is 5.32 Å². The zero-order valence-electron chi connectivity index (χ0n) is 13.5. The van der Waals surface area contributed by atoms with Gasteiger partial charge in [-0.05, 0) is 26.7 Å². The molecule has 1 rings (SSSR count). The maximum atomic E-state index is 12.3. The van der Waals surface area contributed by atoms with E-state index in [0.29, 0.717) is 13.1 Å². The summed E-state index contributed by atoms with van der Waals surface area (Å²) in [5, 5.41) is 2.94. The van der Waals surface area contributed by atoms with Crippen LogP contribution >= 0.6 is 0 Å². The lowest BCUT2D eigenvalue weighted by molar-refractivity contribution is -0.141. The number of carbonyl (C=O) groups is 3. The first kappa shape index (κ1) is 17.6. The number of carbonyl (C=O) groups excluding carboxylic acids is 3. The normalized spacial score (nSPS) is 18.7. The van der Waals surface area contributed by atoms with Crippen LogP contribution in [0, 0.1) is 0 Å². The molecule has 1 aliphatic heterocycles. The molecule has 0 aromatic heterocycles. The van der Waals surface area contributed by atoms with Crippen molar-refractivity contribution in [3.63, 3.8) is 0 Å². The summed E-state index contributed by atoms with van der Waals surface area (Å²) < 4.78 is 0. The van der Waals surface area contributed by atoms with Crippen molar-refractivity contribution in [3.8, 4) is 0 Å². The minimum absolute atomic E-state index is 0.0321. The first-order chi connectivity index (χ1) is 9.99. The first-order valence-electron chi connectivity index (χ1n) is 7.87. The molecule has 6 nitrogen and oxygen atoms in total. The van der Waals surface area contributed by atoms with Gasteiger partial charge < -0.3 is 4.90 Å². The number of likely N-dealkylation sites (tertiary alicyclic amines) is 1. The second-order valence-corrected chi connectivity index (χ2v) is 5.28. The fraction of sp³-hybridized carbons (Fsp3) is 0.800. The lowest BCUT2D eigenvalue weighted by Crippen LogP contribution is -2.46. The Morgan fingerprint density at radius 2 is 1.81 bits per heavy atom. The molecule has 0 radical (unpaired) electrons. The zero-order valence-corrected chi connectivity index (χ0v) is 13.5. The summed E-state index contributed by atoms with van der Waals surface area (Å²) >= 11 is 0. The molecule has 1 N–H and O–H groups in total. The van der Waals surface area contributed by atoms with E-state index in [2.05, 4.69) is 5.32 Å². The van der Waals surface area contributed by atoms with E-state index in [1.807, 2.05) is 27.7 Å². The quantitative estimate of drug-likeness (QED) is 0.672. The van der Waals surface area contributed by atoms with E-state index in [1.165, 1.54) is 4.90 Å². The molecule has 3 amide bonds. The number of amides is 3. The molecule has 120 valence electrons. The molecule has 0 saturated carbocycles. The number of imide groups is 1. The minimum atomic E-state index is -0.558. The fourth-order valence-electron chi connectivity index (χ4n) is 2.75. The van der Waals surface area contributed by atoms with Crippen LogP contribution in [0.25, 0.3) is 0 Å². The van der Waals surface area contributed by atoms with Crippen LogP contribution in [0.3, 0.4) is 0 Å². The van der Waals surface area contributed by atoms with Gasteiger partial charge in [-0.15, -0.1) is 0 Å². The average Bonchev–Trinajstić information content (AvgIpc) is 2.75. The Morgan fingerprint density at radius 1 is 1.24 bits per heavy atom. The molecule has 21 heavy (non-hydrogen) atoms. The molecule has 0 aliphatic carbocycles. The number of hydrogen-bond donors (Lipinski definition) is 1. The molecular weight excluding hydrogens is 270 g/mol. The summed E-state index contributed by atoms with van der Waals surface area (Å²) in [6.45, 7) is 9.17.